The van der Waals surface area contributed by atoms with E-state index < -0.39 is 10.0 Å². The molecule has 136 valence electrons. The number of aryl methyl sites for hydroxylation is 1. The Bertz CT molecular complexity index is 889. The van der Waals surface area contributed by atoms with Gasteiger partial charge in [-0.05, 0) is 50.5 Å². The number of fused-ring (bicyclic) bond motifs is 3. The van der Waals surface area contributed by atoms with E-state index in [1.165, 1.54) is 6.42 Å². The van der Waals surface area contributed by atoms with E-state index in [1.807, 2.05) is 42.8 Å². The maximum Gasteiger partial charge on any atom is 0.243 e. The van der Waals surface area contributed by atoms with Crippen LogP contribution in [-0.4, -0.2) is 25.1 Å². The number of sulfonamides is 1. The first-order valence-corrected chi connectivity index (χ1v) is 10.7. The molecular formula is C19H27N3O2S. The van der Waals surface area contributed by atoms with Crippen LogP contribution in [-0.2, 0) is 17.1 Å². The van der Waals surface area contributed by atoms with Gasteiger partial charge >= 0.3 is 0 Å². The highest BCUT2D eigenvalue weighted by Crippen LogP contribution is 2.41. The highest BCUT2D eigenvalue weighted by molar-refractivity contribution is 7.89. The summed E-state index contributed by atoms with van der Waals surface area (Å²) in [5, 5.41) is 0.799. The maximum atomic E-state index is 13.3. The second-order valence-corrected chi connectivity index (χ2v) is 9.47. The first kappa shape index (κ1) is 17.1. The van der Waals surface area contributed by atoms with Crippen molar-refractivity contribution in [3.63, 3.8) is 0 Å². The van der Waals surface area contributed by atoms with Gasteiger partial charge in [-0.15, -0.1) is 0 Å². The summed E-state index contributed by atoms with van der Waals surface area (Å²) < 4.78 is 31.7. The normalized spacial score (nSPS) is 29.9. The number of aromatic nitrogens is 1. The molecule has 2 saturated carbocycles. The highest BCUT2D eigenvalue weighted by Gasteiger charge is 2.41. The zero-order chi connectivity index (χ0) is 17.8. The van der Waals surface area contributed by atoms with Crippen LogP contribution in [0, 0.1) is 18.8 Å². The van der Waals surface area contributed by atoms with E-state index in [9.17, 15) is 8.42 Å². The van der Waals surface area contributed by atoms with Crippen LogP contribution >= 0.6 is 0 Å². The summed E-state index contributed by atoms with van der Waals surface area (Å²) in [6.07, 6.45) is 5.20. The number of hydrogen-bond donors (Lipinski definition) is 2. The fourth-order valence-electron chi connectivity index (χ4n) is 5.04. The molecule has 2 aliphatic rings. The van der Waals surface area contributed by atoms with Crippen molar-refractivity contribution in [2.45, 2.75) is 56.0 Å². The van der Waals surface area contributed by atoms with Crippen LogP contribution in [0.1, 0.15) is 37.8 Å². The van der Waals surface area contributed by atoms with Crippen molar-refractivity contribution >= 4 is 20.9 Å². The standard InChI is InChI=1S/C19H27N3O2S/c1-12-19(16-8-3-4-9-17(16)22(12)2)25(23,24)21-18-13-6-5-7-14(18)11-15(20)10-13/h3-4,8-9,13-15,18,21H,5-7,10-11,20H2,1-2H3. The molecule has 2 atom stereocenters. The molecule has 1 aromatic heterocycles. The summed E-state index contributed by atoms with van der Waals surface area (Å²) >= 11 is 0. The fraction of sp³-hybridized carbons (Fsp3) is 0.579. The first-order valence-electron chi connectivity index (χ1n) is 9.20. The minimum absolute atomic E-state index is 0.0249. The lowest BCUT2D eigenvalue weighted by Gasteiger charge is -2.45. The molecule has 3 N–H and O–H groups in total. The van der Waals surface area contributed by atoms with Crippen molar-refractivity contribution in [2.75, 3.05) is 0 Å². The molecule has 25 heavy (non-hydrogen) atoms. The van der Waals surface area contributed by atoms with Gasteiger partial charge in [0.05, 0.1) is 0 Å². The molecular weight excluding hydrogens is 334 g/mol. The van der Waals surface area contributed by atoms with Crippen molar-refractivity contribution in [1.82, 2.24) is 9.29 Å². The van der Waals surface area contributed by atoms with Gasteiger partial charge in [0.15, 0.2) is 0 Å². The molecule has 0 radical (unpaired) electrons. The number of nitrogens with one attached hydrogen (secondary N) is 1. The van der Waals surface area contributed by atoms with Gasteiger partial charge in [-0.3, -0.25) is 0 Å². The van der Waals surface area contributed by atoms with Crippen molar-refractivity contribution in [3.05, 3.63) is 30.0 Å². The molecule has 2 bridgehead atoms. The lowest BCUT2D eigenvalue weighted by atomic mass is 9.67. The molecule has 0 aliphatic heterocycles. The van der Waals surface area contributed by atoms with E-state index >= 15 is 0 Å². The van der Waals surface area contributed by atoms with Crippen molar-refractivity contribution in [2.24, 2.45) is 24.6 Å². The lowest BCUT2D eigenvalue weighted by Crippen LogP contribution is -2.53. The van der Waals surface area contributed by atoms with E-state index in [0.717, 1.165) is 42.3 Å². The number of para-hydroxylation sites is 1. The van der Waals surface area contributed by atoms with E-state index in [0.29, 0.717) is 16.7 Å². The SMILES string of the molecule is Cc1c(S(=O)(=O)NC2C3CCCC2CC(N)C3)c2ccccc2n1C. The minimum Gasteiger partial charge on any atom is -0.347 e. The van der Waals surface area contributed by atoms with Gasteiger partial charge in [0, 0.05) is 35.7 Å². The zero-order valence-corrected chi connectivity index (χ0v) is 15.7. The number of hydrogen-bond acceptors (Lipinski definition) is 3. The summed E-state index contributed by atoms with van der Waals surface area (Å²) in [7, 11) is -1.65. The van der Waals surface area contributed by atoms with Crippen LogP contribution in [0.15, 0.2) is 29.2 Å². The quantitative estimate of drug-likeness (QED) is 0.882. The average molecular weight is 362 g/mol. The summed E-state index contributed by atoms with van der Waals surface area (Å²) in [6, 6.07) is 7.95. The maximum absolute atomic E-state index is 13.3. The first-order chi connectivity index (χ1) is 11.9. The van der Waals surface area contributed by atoms with Gasteiger partial charge in [0.2, 0.25) is 10.0 Å². The largest absolute Gasteiger partial charge is 0.347 e. The summed E-state index contributed by atoms with van der Waals surface area (Å²) in [5.74, 6) is 0.736. The lowest BCUT2D eigenvalue weighted by molar-refractivity contribution is 0.125. The van der Waals surface area contributed by atoms with Gasteiger partial charge in [0.25, 0.3) is 0 Å². The third kappa shape index (κ3) is 2.80. The van der Waals surface area contributed by atoms with Crippen LogP contribution in [0.25, 0.3) is 10.9 Å². The van der Waals surface area contributed by atoms with Gasteiger partial charge in [0.1, 0.15) is 4.90 Å². The summed E-state index contributed by atoms with van der Waals surface area (Å²) in [6.45, 7) is 1.88. The Hall–Kier alpha value is -1.37. The van der Waals surface area contributed by atoms with Gasteiger partial charge in [-0.2, -0.15) is 0 Å². The molecule has 0 spiro atoms. The number of nitrogens with two attached hydrogens (primary N) is 1. The van der Waals surface area contributed by atoms with Crippen molar-refractivity contribution in [3.8, 4) is 0 Å². The van der Waals surface area contributed by atoms with Crippen LogP contribution in [0.2, 0.25) is 0 Å². The van der Waals surface area contributed by atoms with Crippen LogP contribution in [0.5, 0.6) is 0 Å². The molecule has 4 rings (SSSR count). The molecule has 2 aliphatic carbocycles. The monoisotopic (exact) mass is 361 g/mol. The number of benzene rings is 1. The van der Waals surface area contributed by atoms with Gasteiger partial charge in [-0.25, -0.2) is 13.1 Å². The Balaban J connectivity index is 1.73. The predicted molar refractivity (Wildman–Crippen MR) is 99.8 cm³/mol. The average Bonchev–Trinajstić information content (AvgIpc) is 2.80. The highest BCUT2D eigenvalue weighted by atomic mass is 32.2. The molecule has 6 heteroatoms. The Morgan fingerprint density at radius 3 is 2.48 bits per heavy atom. The Morgan fingerprint density at radius 1 is 1.16 bits per heavy atom. The van der Waals surface area contributed by atoms with E-state index in [-0.39, 0.29) is 12.1 Å². The molecule has 1 aromatic carbocycles. The van der Waals surface area contributed by atoms with E-state index in [4.69, 9.17) is 5.73 Å². The minimum atomic E-state index is -3.57. The fourth-order valence-corrected chi connectivity index (χ4v) is 6.89. The van der Waals surface area contributed by atoms with E-state index in [1.54, 1.807) is 0 Å². The zero-order valence-electron chi connectivity index (χ0n) is 14.9. The van der Waals surface area contributed by atoms with Crippen LogP contribution in [0.4, 0.5) is 0 Å². The Labute approximate surface area is 149 Å². The van der Waals surface area contributed by atoms with Crippen LogP contribution in [0.3, 0.4) is 0 Å². The molecule has 2 fully saturated rings. The molecule has 0 amide bonds. The smallest absolute Gasteiger partial charge is 0.243 e. The number of rotatable bonds is 3. The topological polar surface area (TPSA) is 77.1 Å². The second-order valence-electron chi connectivity index (χ2n) is 7.82. The van der Waals surface area contributed by atoms with Crippen molar-refractivity contribution < 1.29 is 8.42 Å². The van der Waals surface area contributed by atoms with Crippen molar-refractivity contribution in [1.29, 1.82) is 0 Å². The van der Waals surface area contributed by atoms with E-state index in [2.05, 4.69) is 4.72 Å². The van der Waals surface area contributed by atoms with Gasteiger partial charge < -0.3 is 10.3 Å². The Kier molecular flexibility index (Phi) is 4.17. The molecule has 2 unspecified atom stereocenters. The van der Waals surface area contributed by atoms with Gasteiger partial charge in [-0.1, -0.05) is 24.6 Å². The van der Waals surface area contributed by atoms with Crippen LogP contribution < -0.4 is 10.5 Å². The summed E-state index contributed by atoms with van der Waals surface area (Å²) in [5.41, 5.74) is 7.92. The second kappa shape index (κ2) is 6.11. The molecule has 1 heterocycles. The Morgan fingerprint density at radius 2 is 1.80 bits per heavy atom. The molecule has 2 aromatic rings. The summed E-state index contributed by atoms with van der Waals surface area (Å²) in [4.78, 5) is 0.429. The number of nitrogens with zero attached hydrogens (tertiary/aromatic N) is 1. The molecule has 5 nitrogen and oxygen atoms in total. The third-order valence-electron chi connectivity index (χ3n) is 6.28. The molecule has 0 saturated heterocycles. The third-order valence-corrected chi connectivity index (χ3v) is 7.91. The predicted octanol–water partition coefficient (Wildman–Crippen LogP) is 2.67.